The number of rotatable bonds is 6. The van der Waals surface area contributed by atoms with Crippen LogP contribution in [0.5, 0.6) is 5.75 Å². The smallest absolute Gasteiger partial charge is 0.406 e. The summed E-state index contributed by atoms with van der Waals surface area (Å²) in [6.45, 7) is 3.48. The molecule has 6 nitrogen and oxygen atoms in total. The molecule has 1 saturated carbocycles. The van der Waals surface area contributed by atoms with Crippen LogP contribution >= 0.6 is 11.8 Å². The third-order valence-electron chi connectivity index (χ3n) is 5.74. The number of ether oxygens (including phenoxy) is 1. The number of nitrogens with zero attached hydrogens (tertiary/aromatic N) is 2. The van der Waals surface area contributed by atoms with Gasteiger partial charge in [0.25, 0.3) is 5.91 Å². The Morgan fingerprint density at radius 3 is 2.66 bits per heavy atom. The fraction of sp³-hybridized carbons (Fsp3) is 0.579. The molecule has 2 atom stereocenters. The normalized spacial score (nSPS) is 26.3. The number of likely N-dealkylation sites (tertiary alicyclic amines) is 1. The molecule has 1 aromatic rings. The number of carbonyl (C=O) groups is 2. The van der Waals surface area contributed by atoms with Gasteiger partial charge in [-0.3, -0.25) is 14.5 Å². The number of nitrogens with one attached hydrogen (secondary N) is 1. The van der Waals surface area contributed by atoms with Gasteiger partial charge >= 0.3 is 6.36 Å². The summed E-state index contributed by atoms with van der Waals surface area (Å²) in [5, 5.41) is 2.81. The largest absolute Gasteiger partial charge is 0.573 e. The number of fused-ring (bicyclic) bond motifs is 1. The molecule has 0 bridgehead atoms. The second-order valence-corrected chi connectivity index (χ2v) is 8.74. The van der Waals surface area contributed by atoms with Crippen molar-refractivity contribution in [2.45, 2.75) is 6.36 Å². The summed E-state index contributed by atoms with van der Waals surface area (Å²) in [4.78, 5) is 28.6. The third kappa shape index (κ3) is 4.98. The fourth-order valence-corrected chi connectivity index (χ4v) is 5.19. The highest BCUT2D eigenvalue weighted by molar-refractivity contribution is 7.99. The van der Waals surface area contributed by atoms with Crippen molar-refractivity contribution >= 4 is 23.6 Å². The Balaban J connectivity index is 1.20. The molecule has 2 aliphatic heterocycles. The number of benzene rings is 1. The molecule has 0 spiro atoms. The molecule has 3 fully saturated rings. The Labute approximate surface area is 170 Å². The van der Waals surface area contributed by atoms with E-state index in [1.54, 1.807) is 11.8 Å². The lowest BCUT2D eigenvalue weighted by Crippen LogP contribution is -2.39. The molecule has 1 aromatic carbocycles. The second-order valence-electron chi connectivity index (χ2n) is 7.67. The zero-order valence-corrected chi connectivity index (χ0v) is 16.5. The van der Waals surface area contributed by atoms with E-state index in [0.717, 1.165) is 43.4 Å². The molecule has 3 aliphatic rings. The first-order valence-corrected chi connectivity index (χ1v) is 10.7. The van der Waals surface area contributed by atoms with Crippen LogP contribution in [0.25, 0.3) is 0 Å². The summed E-state index contributed by atoms with van der Waals surface area (Å²) in [5.74, 6) is 2.44. The molecule has 2 saturated heterocycles. The molecule has 158 valence electrons. The minimum Gasteiger partial charge on any atom is -0.406 e. The first-order valence-electron chi connectivity index (χ1n) is 9.52. The predicted octanol–water partition coefficient (Wildman–Crippen LogP) is 2.03. The Hall–Kier alpha value is -1.94. The first kappa shape index (κ1) is 20.3. The number of hydrogen-bond acceptors (Lipinski definition) is 5. The molecule has 2 heterocycles. The van der Waals surface area contributed by atoms with Crippen LogP contribution in [0.1, 0.15) is 10.4 Å². The summed E-state index contributed by atoms with van der Waals surface area (Å²) < 4.78 is 40.8. The van der Waals surface area contributed by atoms with Crippen LogP contribution in [0.3, 0.4) is 0 Å². The van der Waals surface area contributed by atoms with Gasteiger partial charge in [0.2, 0.25) is 5.91 Å². The number of amides is 2. The molecule has 10 heteroatoms. The van der Waals surface area contributed by atoms with E-state index in [-0.39, 0.29) is 11.5 Å². The van der Waals surface area contributed by atoms with Crippen molar-refractivity contribution in [2.24, 2.45) is 17.8 Å². The van der Waals surface area contributed by atoms with Crippen molar-refractivity contribution in [3.8, 4) is 5.75 Å². The highest BCUT2D eigenvalue weighted by Crippen LogP contribution is 2.51. The number of hydrogen-bond donors (Lipinski definition) is 1. The van der Waals surface area contributed by atoms with E-state index in [1.807, 2.05) is 4.90 Å². The van der Waals surface area contributed by atoms with Crippen LogP contribution in [0.15, 0.2) is 24.3 Å². The molecular weight excluding hydrogens is 407 g/mol. The topological polar surface area (TPSA) is 61.9 Å². The van der Waals surface area contributed by atoms with E-state index in [2.05, 4.69) is 15.0 Å². The molecule has 1 aliphatic carbocycles. The second kappa shape index (κ2) is 8.06. The average Bonchev–Trinajstić information content (AvgIpc) is 3.07. The van der Waals surface area contributed by atoms with Gasteiger partial charge < -0.3 is 15.0 Å². The van der Waals surface area contributed by atoms with Crippen molar-refractivity contribution in [3.63, 3.8) is 0 Å². The molecule has 4 rings (SSSR count). The van der Waals surface area contributed by atoms with E-state index in [0.29, 0.717) is 30.8 Å². The molecule has 29 heavy (non-hydrogen) atoms. The van der Waals surface area contributed by atoms with Gasteiger partial charge in [0.1, 0.15) is 5.75 Å². The Bertz CT molecular complexity index is 773. The van der Waals surface area contributed by atoms with Crippen LogP contribution in [-0.4, -0.2) is 72.3 Å². The van der Waals surface area contributed by atoms with Crippen molar-refractivity contribution in [2.75, 3.05) is 44.4 Å². The van der Waals surface area contributed by atoms with Gasteiger partial charge in [-0.2, -0.15) is 0 Å². The standard InChI is InChI=1S/C19H22F3N3O3S/c20-19(21,22)28-13-3-1-2-12(6-13)18(27)23-7-14-15-8-24(9-16(14)15)10-17(26)25-4-5-29-11-25/h1-3,6,14-16H,4-5,7-11H2,(H,23,27). The average molecular weight is 429 g/mol. The molecule has 1 N–H and O–H groups in total. The van der Waals surface area contributed by atoms with E-state index in [9.17, 15) is 22.8 Å². The number of piperidine rings is 1. The number of halogens is 3. The van der Waals surface area contributed by atoms with Gasteiger partial charge in [0.05, 0.1) is 12.4 Å². The van der Waals surface area contributed by atoms with Crippen LogP contribution in [0.4, 0.5) is 13.2 Å². The highest BCUT2D eigenvalue weighted by Gasteiger charge is 2.55. The van der Waals surface area contributed by atoms with Crippen molar-refractivity contribution in [1.29, 1.82) is 0 Å². The minimum absolute atomic E-state index is 0.133. The van der Waals surface area contributed by atoms with Crippen LogP contribution in [-0.2, 0) is 4.79 Å². The van der Waals surface area contributed by atoms with Crippen LogP contribution in [0, 0.1) is 17.8 Å². The lowest BCUT2D eigenvalue weighted by molar-refractivity contribution is -0.274. The van der Waals surface area contributed by atoms with Gasteiger partial charge in [-0.25, -0.2) is 0 Å². The Morgan fingerprint density at radius 1 is 1.24 bits per heavy atom. The number of alkyl halides is 3. The van der Waals surface area contributed by atoms with E-state index in [1.165, 1.54) is 12.1 Å². The van der Waals surface area contributed by atoms with Gasteiger partial charge in [-0.1, -0.05) is 6.07 Å². The summed E-state index contributed by atoms with van der Waals surface area (Å²) >= 11 is 1.77. The van der Waals surface area contributed by atoms with E-state index in [4.69, 9.17) is 0 Å². The Kier molecular flexibility index (Phi) is 5.65. The lowest BCUT2D eigenvalue weighted by Gasteiger charge is -2.22. The zero-order chi connectivity index (χ0) is 20.6. The van der Waals surface area contributed by atoms with Crippen molar-refractivity contribution < 1.29 is 27.5 Å². The molecular formula is C19H22F3N3O3S. The maximum absolute atomic E-state index is 12.3. The fourth-order valence-electron chi connectivity index (χ4n) is 4.22. The van der Waals surface area contributed by atoms with Gasteiger partial charge in [-0.05, 0) is 36.0 Å². The van der Waals surface area contributed by atoms with Crippen LogP contribution < -0.4 is 10.1 Å². The summed E-state index contributed by atoms with van der Waals surface area (Å²) in [6.07, 6.45) is -4.79. The highest BCUT2D eigenvalue weighted by atomic mass is 32.2. The van der Waals surface area contributed by atoms with Gasteiger partial charge in [0.15, 0.2) is 0 Å². The SMILES string of the molecule is O=C(NCC1C2CN(CC(=O)N3CCSC3)CC12)c1cccc(OC(F)(F)F)c1. The monoisotopic (exact) mass is 429 g/mol. The number of carbonyl (C=O) groups excluding carboxylic acids is 2. The maximum Gasteiger partial charge on any atom is 0.573 e. The summed E-state index contributed by atoms with van der Waals surface area (Å²) in [7, 11) is 0. The van der Waals surface area contributed by atoms with Gasteiger partial charge in [-0.15, -0.1) is 24.9 Å². The summed E-state index contributed by atoms with van der Waals surface area (Å²) in [6, 6.07) is 5.05. The predicted molar refractivity (Wildman–Crippen MR) is 101 cm³/mol. The lowest BCUT2D eigenvalue weighted by atomic mass is 10.2. The van der Waals surface area contributed by atoms with Crippen molar-refractivity contribution in [3.05, 3.63) is 29.8 Å². The summed E-state index contributed by atoms with van der Waals surface area (Å²) in [5.41, 5.74) is 0.133. The molecule has 2 amide bonds. The first-order chi connectivity index (χ1) is 13.8. The zero-order valence-electron chi connectivity index (χ0n) is 15.7. The molecule has 0 aromatic heterocycles. The van der Waals surface area contributed by atoms with Crippen LogP contribution in [0.2, 0.25) is 0 Å². The third-order valence-corrected chi connectivity index (χ3v) is 6.70. The quantitative estimate of drug-likeness (QED) is 0.750. The maximum atomic E-state index is 12.3. The number of thioether (sulfide) groups is 1. The van der Waals surface area contributed by atoms with Crippen molar-refractivity contribution in [1.82, 2.24) is 15.1 Å². The van der Waals surface area contributed by atoms with E-state index >= 15 is 0 Å². The molecule has 2 unspecified atom stereocenters. The molecule has 0 radical (unpaired) electrons. The Morgan fingerprint density at radius 2 is 2.00 bits per heavy atom. The van der Waals surface area contributed by atoms with Gasteiger partial charge in [0, 0.05) is 37.5 Å². The minimum atomic E-state index is -4.79. The van der Waals surface area contributed by atoms with E-state index < -0.39 is 18.0 Å².